The highest BCUT2D eigenvalue weighted by atomic mass is 32.1. The number of carbonyl (C=O) groups excluding carboxylic acids is 1. The molecule has 4 rings (SSSR count). The number of benzene rings is 2. The lowest BCUT2D eigenvalue weighted by molar-refractivity contribution is -0.143. The monoisotopic (exact) mass is 477 g/mol. The number of rotatable bonds is 5. The van der Waals surface area contributed by atoms with E-state index in [1.54, 1.807) is 31.2 Å². The van der Waals surface area contributed by atoms with Crippen molar-refractivity contribution in [3.63, 3.8) is 0 Å². The Labute approximate surface area is 188 Å². The Morgan fingerprint density at radius 2 is 1.76 bits per heavy atom. The van der Waals surface area contributed by atoms with Gasteiger partial charge in [0.2, 0.25) is 0 Å². The van der Waals surface area contributed by atoms with E-state index in [9.17, 15) is 22.4 Å². The summed E-state index contributed by atoms with van der Waals surface area (Å²) >= 11 is 1.11. The number of nitrogens with zero attached hydrogens (tertiary/aromatic N) is 4. The highest BCUT2D eigenvalue weighted by molar-refractivity contribution is 7.16. The summed E-state index contributed by atoms with van der Waals surface area (Å²) in [5.41, 5.74) is -1.07. The zero-order valence-corrected chi connectivity index (χ0v) is 18.0. The van der Waals surface area contributed by atoms with Crippen LogP contribution in [0.15, 0.2) is 48.5 Å². The van der Waals surface area contributed by atoms with Gasteiger partial charge in [0.15, 0.2) is 16.5 Å². The second-order valence-corrected chi connectivity index (χ2v) is 7.98. The largest absolute Gasteiger partial charge is 0.497 e. The van der Waals surface area contributed by atoms with Gasteiger partial charge in [0.1, 0.15) is 11.6 Å². The molecule has 1 N–H and O–H groups in total. The van der Waals surface area contributed by atoms with Crippen molar-refractivity contribution in [3.05, 3.63) is 70.6 Å². The summed E-state index contributed by atoms with van der Waals surface area (Å²) in [6.07, 6.45) is -4.95. The molecule has 1 amide bonds. The van der Waals surface area contributed by atoms with E-state index in [-0.39, 0.29) is 10.8 Å². The maximum absolute atomic E-state index is 13.8. The molecule has 0 saturated heterocycles. The van der Waals surface area contributed by atoms with Crippen molar-refractivity contribution in [2.75, 3.05) is 12.4 Å². The first-order chi connectivity index (χ1) is 15.7. The summed E-state index contributed by atoms with van der Waals surface area (Å²) in [4.78, 5) is 17.8. The van der Waals surface area contributed by atoms with Crippen LogP contribution in [0.25, 0.3) is 16.9 Å². The highest BCUT2D eigenvalue weighted by Gasteiger charge is 2.42. The van der Waals surface area contributed by atoms with Crippen molar-refractivity contribution in [3.8, 4) is 22.7 Å². The average Bonchev–Trinajstić information content (AvgIpc) is 3.38. The molecule has 2 aromatic carbocycles. The molecule has 170 valence electrons. The number of hydrogen-bond donors (Lipinski definition) is 1. The number of methoxy groups -OCH3 is 1. The van der Waals surface area contributed by atoms with E-state index in [2.05, 4.69) is 20.6 Å². The molecule has 4 aromatic rings. The fraction of sp³-hybridized carbons (Fsp3) is 0.143. The molecule has 2 aromatic heterocycles. The molecule has 0 spiro atoms. The smallest absolute Gasteiger partial charge is 0.435 e. The van der Waals surface area contributed by atoms with Crippen molar-refractivity contribution in [2.24, 2.45) is 0 Å². The summed E-state index contributed by atoms with van der Waals surface area (Å²) in [6, 6.07) is 11.2. The van der Waals surface area contributed by atoms with Gasteiger partial charge in [-0.15, -0.1) is 16.4 Å². The number of carbonyl (C=O) groups is 1. The lowest BCUT2D eigenvalue weighted by Gasteiger charge is -2.10. The molecule has 0 saturated carbocycles. The zero-order chi connectivity index (χ0) is 23.8. The van der Waals surface area contributed by atoms with Crippen molar-refractivity contribution in [2.45, 2.75) is 13.1 Å². The summed E-state index contributed by atoms with van der Waals surface area (Å²) in [7, 11) is 1.54. The number of hydrogen-bond acceptors (Lipinski definition) is 6. The third kappa shape index (κ3) is 4.55. The van der Waals surface area contributed by atoms with E-state index in [1.807, 2.05) is 0 Å². The maximum Gasteiger partial charge on any atom is 0.435 e. The highest BCUT2D eigenvalue weighted by Crippen LogP contribution is 2.34. The molecule has 0 fully saturated rings. The van der Waals surface area contributed by atoms with Crippen LogP contribution in [0.5, 0.6) is 5.75 Å². The molecule has 0 unspecified atom stereocenters. The van der Waals surface area contributed by atoms with Gasteiger partial charge in [0, 0.05) is 10.4 Å². The summed E-state index contributed by atoms with van der Waals surface area (Å²) < 4.78 is 60.1. The normalized spacial score (nSPS) is 11.5. The van der Waals surface area contributed by atoms with Gasteiger partial charge in [0.25, 0.3) is 5.91 Å². The first-order valence-corrected chi connectivity index (χ1v) is 10.2. The lowest BCUT2D eigenvalue weighted by Crippen LogP contribution is -2.21. The standard InChI is InChI=1S/C21H15F4N5O2S/c1-11-16(12-3-9-15(32-2)10-4-12)26-20(33-11)27-19(31)17-18(21(23,24)25)30(29-28-17)14-7-5-13(22)6-8-14/h3-10H,1-2H3,(H,26,27,31). The van der Waals surface area contributed by atoms with Gasteiger partial charge in [-0.1, -0.05) is 5.21 Å². The van der Waals surface area contributed by atoms with E-state index in [4.69, 9.17) is 4.74 Å². The van der Waals surface area contributed by atoms with Gasteiger partial charge in [0.05, 0.1) is 18.5 Å². The van der Waals surface area contributed by atoms with Crippen molar-refractivity contribution < 1.29 is 27.1 Å². The molecule has 0 aliphatic heterocycles. The number of aryl methyl sites for hydroxylation is 1. The van der Waals surface area contributed by atoms with Gasteiger partial charge in [-0.3, -0.25) is 10.1 Å². The maximum atomic E-state index is 13.8. The zero-order valence-electron chi connectivity index (χ0n) is 17.1. The molecule has 33 heavy (non-hydrogen) atoms. The molecule has 7 nitrogen and oxygen atoms in total. The number of nitrogens with one attached hydrogen (secondary N) is 1. The number of anilines is 1. The lowest BCUT2D eigenvalue weighted by atomic mass is 10.1. The van der Waals surface area contributed by atoms with Crippen LogP contribution in [0.1, 0.15) is 21.1 Å². The number of thiazole rings is 1. The molecular formula is C21H15F4N5O2S. The Bertz CT molecular complexity index is 1300. The van der Waals surface area contributed by atoms with Gasteiger partial charge in [-0.2, -0.15) is 13.2 Å². The first-order valence-electron chi connectivity index (χ1n) is 9.39. The van der Waals surface area contributed by atoms with E-state index in [1.165, 1.54) is 7.11 Å². The molecule has 2 heterocycles. The van der Waals surface area contributed by atoms with Crippen molar-refractivity contribution in [1.82, 2.24) is 20.0 Å². The molecule has 0 aliphatic carbocycles. The number of amides is 1. The van der Waals surface area contributed by atoms with Gasteiger partial charge in [-0.25, -0.2) is 14.1 Å². The first kappa shape index (κ1) is 22.4. The number of alkyl halides is 3. The fourth-order valence-corrected chi connectivity index (χ4v) is 3.91. The second kappa shape index (κ2) is 8.62. The predicted molar refractivity (Wildman–Crippen MR) is 113 cm³/mol. The Morgan fingerprint density at radius 1 is 1.09 bits per heavy atom. The average molecular weight is 477 g/mol. The van der Waals surface area contributed by atoms with Gasteiger partial charge in [-0.05, 0) is 55.5 Å². The minimum absolute atomic E-state index is 0.0952. The Balaban J connectivity index is 1.64. The summed E-state index contributed by atoms with van der Waals surface area (Å²) in [6.45, 7) is 1.78. The Hall–Kier alpha value is -3.80. The minimum Gasteiger partial charge on any atom is -0.497 e. The molecule has 0 atom stereocenters. The van der Waals surface area contributed by atoms with Crippen LogP contribution in [-0.4, -0.2) is 33.0 Å². The molecular weight excluding hydrogens is 462 g/mol. The van der Waals surface area contributed by atoms with Crippen LogP contribution in [0.4, 0.5) is 22.7 Å². The number of ether oxygens (including phenoxy) is 1. The summed E-state index contributed by atoms with van der Waals surface area (Å²) in [5, 5.41) is 9.37. The quantitative estimate of drug-likeness (QED) is 0.404. The van der Waals surface area contributed by atoms with Crippen molar-refractivity contribution >= 4 is 22.4 Å². The predicted octanol–water partition coefficient (Wildman–Crippen LogP) is 5.12. The fourth-order valence-electron chi connectivity index (χ4n) is 3.08. The van der Waals surface area contributed by atoms with Crippen LogP contribution in [-0.2, 0) is 6.18 Å². The molecule has 0 radical (unpaired) electrons. The number of aromatic nitrogens is 4. The minimum atomic E-state index is -4.95. The van der Waals surface area contributed by atoms with Gasteiger partial charge >= 0.3 is 6.18 Å². The van der Waals surface area contributed by atoms with Crippen LogP contribution < -0.4 is 10.1 Å². The second-order valence-electron chi connectivity index (χ2n) is 6.78. The number of halogens is 4. The van der Waals surface area contributed by atoms with Crippen LogP contribution >= 0.6 is 11.3 Å². The van der Waals surface area contributed by atoms with Crippen LogP contribution in [0.3, 0.4) is 0 Å². The van der Waals surface area contributed by atoms with E-state index in [0.717, 1.165) is 46.0 Å². The third-order valence-corrected chi connectivity index (χ3v) is 5.49. The van der Waals surface area contributed by atoms with Crippen molar-refractivity contribution in [1.29, 1.82) is 0 Å². The van der Waals surface area contributed by atoms with E-state index in [0.29, 0.717) is 16.1 Å². The Kier molecular flexibility index (Phi) is 5.85. The SMILES string of the molecule is COc1ccc(-c2nc(NC(=O)c3nnn(-c4ccc(F)cc4)c3C(F)(F)F)sc2C)cc1. The molecule has 0 aliphatic rings. The van der Waals surface area contributed by atoms with Gasteiger partial charge < -0.3 is 4.74 Å². The van der Waals surface area contributed by atoms with E-state index < -0.39 is 29.3 Å². The molecule has 12 heteroatoms. The topological polar surface area (TPSA) is 81.9 Å². The van der Waals surface area contributed by atoms with Crippen LogP contribution in [0, 0.1) is 12.7 Å². The Morgan fingerprint density at radius 3 is 2.36 bits per heavy atom. The van der Waals surface area contributed by atoms with Crippen LogP contribution in [0.2, 0.25) is 0 Å². The molecule has 0 bridgehead atoms. The van der Waals surface area contributed by atoms with E-state index >= 15 is 0 Å². The third-order valence-electron chi connectivity index (χ3n) is 4.61. The summed E-state index contributed by atoms with van der Waals surface area (Å²) in [5.74, 6) is -1.09.